The van der Waals surface area contributed by atoms with Gasteiger partial charge in [-0.3, -0.25) is 4.79 Å². The van der Waals surface area contributed by atoms with E-state index in [1.54, 1.807) is 0 Å². The van der Waals surface area contributed by atoms with E-state index in [2.05, 4.69) is 33.4 Å². The van der Waals surface area contributed by atoms with Crippen molar-refractivity contribution in [1.29, 1.82) is 0 Å². The number of amides is 1. The van der Waals surface area contributed by atoms with Gasteiger partial charge in [0.2, 0.25) is 0 Å². The first-order chi connectivity index (χ1) is 5.63. The molecule has 2 nitrogen and oxygen atoms in total. The molecule has 0 heterocycles. The average Bonchev–Trinajstić information content (AvgIpc) is 2.04. The molecule has 0 N–H and O–H groups in total. The molecule has 12 heavy (non-hydrogen) atoms. The summed E-state index contributed by atoms with van der Waals surface area (Å²) in [6.07, 6.45) is 3.18. The largest absolute Gasteiger partial charge is 0.331 e. The summed E-state index contributed by atoms with van der Waals surface area (Å²) >= 11 is 3.85. The summed E-state index contributed by atoms with van der Waals surface area (Å²) in [6, 6.07) is 0.321. The predicted molar refractivity (Wildman–Crippen MR) is 55.7 cm³/mol. The average molecular weight is 189 g/mol. The van der Waals surface area contributed by atoms with Crippen molar-refractivity contribution < 1.29 is 4.79 Å². The highest BCUT2D eigenvalue weighted by Crippen LogP contribution is 2.08. The van der Waals surface area contributed by atoms with Gasteiger partial charge in [0.15, 0.2) is 0 Å². The maximum atomic E-state index is 11.0. The number of unbranched alkanes of at least 4 members (excludes halogenated alkanes) is 1. The number of hydrogen-bond acceptors (Lipinski definition) is 1. The van der Waals surface area contributed by atoms with Gasteiger partial charge >= 0.3 is 0 Å². The van der Waals surface area contributed by atoms with Crippen LogP contribution < -0.4 is 0 Å². The lowest BCUT2D eigenvalue weighted by molar-refractivity contribution is 0.201. The van der Waals surface area contributed by atoms with Crippen LogP contribution in [0.2, 0.25) is 0 Å². The quantitative estimate of drug-likeness (QED) is 0.659. The molecule has 0 aliphatic rings. The zero-order valence-electron chi connectivity index (χ0n) is 8.21. The molecule has 0 saturated heterocycles. The third-order valence-corrected chi connectivity index (χ3v) is 2.38. The Hall–Kier alpha value is -0.180. The van der Waals surface area contributed by atoms with Gasteiger partial charge in [0.05, 0.1) is 0 Å². The second-order valence-electron chi connectivity index (χ2n) is 3.09. The minimum absolute atomic E-state index is 0.0993. The summed E-state index contributed by atoms with van der Waals surface area (Å²) in [6.45, 7) is 7.11. The number of hydrogen-bond donors (Lipinski definition) is 1. The van der Waals surface area contributed by atoms with Crippen molar-refractivity contribution in [3.8, 4) is 0 Å². The van der Waals surface area contributed by atoms with Gasteiger partial charge in [0.25, 0.3) is 5.24 Å². The topological polar surface area (TPSA) is 20.3 Å². The fraction of sp³-hybridized carbons (Fsp3) is 0.889. The number of carbonyl (C=O) groups is 1. The Kier molecular flexibility index (Phi) is 6.25. The van der Waals surface area contributed by atoms with Crippen LogP contribution in [0, 0.1) is 0 Å². The van der Waals surface area contributed by atoms with Crippen LogP contribution in [0.25, 0.3) is 0 Å². The van der Waals surface area contributed by atoms with E-state index in [4.69, 9.17) is 0 Å². The molecule has 0 aromatic heterocycles. The Morgan fingerprint density at radius 3 is 2.42 bits per heavy atom. The van der Waals surface area contributed by atoms with E-state index in [1.807, 2.05) is 4.90 Å². The first-order valence-electron chi connectivity index (χ1n) is 4.63. The first kappa shape index (κ1) is 11.8. The van der Waals surface area contributed by atoms with Crippen molar-refractivity contribution in [3.05, 3.63) is 0 Å². The van der Waals surface area contributed by atoms with Crippen LogP contribution in [0.1, 0.15) is 40.0 Å². The minimum Gasteiger partial charge on any atom is -0.331 e. The van der Waals surface area contributed by atoms with Crippen LogP contribution in [0.15, 0.2) is 0 Å². The van der Waals surface area contributed by atoms with E-state index >= 15 is 0 Å². The molecule has 3 heteroatoms. The molecular weight excluding hydrogens is 170 g/mol. The van der Waals surface area contributed by atoms with Gasteiger partial charge in [-0.1, -0.05) is 32.9 Å². The summed E-state index contributed by atoms with van der Waals surface area (Å²) in [4.78, 5) is 12.9. The van der Waals surface area contributed by atoms with Gasteiger partial charge in [-0.25, -0.2) is 0 Å². The van der Waals surface area contributed by atoms with Gasteiger partial charge in [-0.15, -0.1) is 0 Å². The molecule has 0 spiro atoms. The number of rotatable bonds is 5. The zero-order valence-corrected chi connectivity index (χ0v) is 9.10. The zero-order chi connectivity index (χ0) is 9.56. The third-order valence-electron chi connectivity index (χ3n) is 2.12. The van der Waals surface area contributed by atoms with Gasteiger partial charge in [-0.05, 0) is 19.8 Å². The fourth-order valence-corrected chi connectivity index (χ4v) is 1.35. The highest BCUT2D eigenvalue weighted by atomic mass is 32.1. The Morgan fingerprint density at radius 1 is 1.50 bits per heavy atom. The van der Waals surface area contributed by atoms with E-state index < -0.39 is 0 Å². The summed E-state index contributed by atoms with van der Waals surface area (Å²) < 4.78 is 0. The van der Waals surface area contributed by atoms with Crippen LogP contribution in [0.5, 0.6) is 0 Å². The molecule has 0 rings (SSSR count). The molecule has 0 aromatic carbocycles. The lowest BCUT2D eigenvalue weighted by Crippen LogP contribution is -2.35. The molecule has 1 amide bonds. The second-order valence-corrected chi connectivity index (χ2v) is 3.47. The summed E-state index contributed by atoms with van der Waals surface area (Å²) in [5, 5.41) is -0.0993. The molecule has 0 bridgehead atoms. The summed E-state index contributed by atoms with van der Waals surface area (Å²) in [5.41, 5.74) is 0. The first-order valence-corrected chi connectivity index (χ1v) is 5.07. The van der Waals surface area contributed by atoms with Crippen molar-refractivity contribution in [2.75, 3.05) is 6.54 Å². The molecule has 0 aliphatic heterocycles. The Bertz CT molecular complexity index is 138. The minimum atomic E-state index is -0.0993. The van der Waals surface area contributed by atoms with Crippen molar-refractivity contribution in [1.82, 2.24) is 4.90 Å². The molecule has 1 unspecified atom stereocenters. The van der Waals surface area contributed by atoms with Gasteiger partial charge in [0, 0.05) is 12.6 Å². The molecule has 0 radical (unpaired) electrons. The third kappa shape index (κ3) is 4.00. The Balaban J connectivity index is 3.94. The Labute approximate surface area is 80.7 Å². The van der Waals surface area contributed by atoms with Gasteiger partial charge in [-0.2, -0.15) is 0 Å². The monoisotopic (exact) mass is 189 g/mol. The van der Waals surface area contributed by atoms with E-state index in [1.165, 1.54) is 0 Å². The second kappa shape index (κ2) is 6.35. The maximum Gasteiger partial charge on any atom is 0.278 e. The predicted octanol–water partition coefficient (Wildman–Crippen LogP) is 2.94. The SMILES string of the molecule is CCCCN(C(=O)S)C(C)CC. The highest BCUT2D eigenvalue weighted by Gasteiger charge is 2.14. The molecule has 0 fully saturated rings. The number of nitrogens with zero attached hydrogens (tertiary/aromatic N) is 1. The van der Waals surface area contributed by atoms with E-state index in [0.717, 1.165) is 25.8 Å². The van der Waals surface area contributed by atoms with Crippen LogP contribution >= 0.6 is 12.6 Å². The van der Waals surface area contributed by atoms with Gasteiger partial charge < -0.3 is 4.90 Å². The van der Waals surface area contributed by atoms with E-state index in [0.29, 0.717) is 6.04 Å². The highest BCUT2D eigenvalue weighted by molar-refractivity contribution is 7.96. The van der Waals surface area contributed by atoms with Crippen LogP contribution in [-0.2, 0) is 0 Å². The summed E-state index contributed by atoms with van der Waals surface area (Å²) in [5.74, 6) is 0. The molecule has 72 valence electrons. The van der Waals surface area contributed by atoms with Crippen LogP contribution in [-0.4, -0.2) is 22.7 Å². The van der Waals surface area contributed by atoms with Crippen molar-refractivity contribution >= 4 is 17.9 Å². The number of carbonyl (C=O) groups excluding carboxylic acids is 1. The molecule has 1 atom stereocenters. The van der Waals surface area contributed by atoms with Crippen molar-refractivity contribution in [3.63, 3.8) is 0 Å². The molecule has 0 aliphatic carbocycles. The maximum absolute atomic E-state index is 11.0. The molecule has 0 aromatic rings. The lowest BCUT2D eigenvalue weighted by Gasteiger charge is -2.26. The fourth-order valence-electron chi connectivity index (χ4n) is 1.05. The van der Waals surface area contributed by atoms with Crippen molar-refractivity contribution in [2.24, 2.45) is 0 Å². The molecular formula is C9H19NOS. The smallest absolute Gasteiger partial charge is 0.278 e. The van der Waals surface area contributed by atoms with E-state index in [9.17, 15) is 4.79 Å². The lowest BCUT2D eigenvalue weighted by atomic mass is 10.2. The van der Waals surface area contributed by atoms with Crippen LogP contribution in [0.4, 0.5) is 4.79 Å². The standard InChI is InChI=1S/C9H19NOS/c1-4-6-7-10(9(11)12)8(3)5-2/h8H,4-7H2,1-3H3,(H,11,12). The van der Waals surface area contributed by atoms with Gasteiger partial charge in [0.1, 0.15) is 0 Å². The normalized spacial score (nSPS) is 12.7. The number of thiol groups is 1. The van der Waals surface area contributed by atoms with Crippen molar-refractivity contribution in [2.45, 2.75) is 46.1 Å². The van der Waals surface area contributed by atoms with E-state index in [-0.39, 0.29) is 5.24 Å². The Morgan fingerprint density at radius 2 is 2.08 bits per heavy atom. The molecule has 0 saturated carbocycles. The van der Waals surface area contributed by atoms with Crippen LogP contribution in [0.3, 0.4) is 0 Å². The summed E-state index contributed by atoms with van der Waals surface area (Å²) in [7, 11) is 0.